The van der Waals surface area contributed by atoms with Crippen LogP contribution in [0.25, 0.3) is 0 Å². The highest BCUT2D eigenvalue weighted by molar-refractivity contribution is 5.93. The predicted octanol–water partition coefficient (Wildman–Crippen LogP) is 1.85. The minimum Gasteiger partial charge on any atom is -0.462 e. The first kappa shape index (κ1) is 14.2. The average molecular weight is 222 g/mol. The maximum absolute atomic E-state index is 11.4. The molecule has 0 saturated carbocycles. The largest absolute Gasteiger partial charge is 0.462 e. The molecule has 0 radical (unpaired) electrons. The second-order valence-corrected chi connectivity index (χ2v) is 3.49. The fourth-order valence-electron chi connectivity index (χ4n) is 0.849. The van der Waals surface area contributed by atoms with Crippen LogP contribution >= 0.6 is 0 Å². The molecule has 4 nitrogen and oxygen atoms in total. The first-order valence-corrected chi connectivity index (χ1v) is 5.24. The van der Waals surface area contributed by atoms with Crippen molar-refractivity contribution in [1.82, 2.24) is 4.90 Å². The molecule has 0 aromatic carbocycles. The molecule has 0 aliphatic heterocycles. The van der Waals surface area contributed by atoms with Crippen LogP contribution in [0.1, 0.15) is 19.8 Å². The lowest BCUT2D eigenvalue weighted by atomic mass is 10.2. The summed E-state index contributed by atoms with van der Waals surface area (Å²) < 4.78 is 4.92. The van der Waals surface area contributed by atoms with Gasteiger partial charge in [-0.05, 0) is 24.8 Å². The van der Waals surface area contributed by atoms with E-state index in [-0.39, 0.29) is 5.57 Å². The number of ether oxygens (including phenoxy) is 1. The van der Waals surface area contributed by atoms with Crippen LogP contribution in [0.4, 0.5) is 0 Å². The van der Waals surface area contributed by atoms with Gasteiger partial charge in [-0.1, -0.05) is 13.3 Å². The van der Waals surface area contributed by atoms with E-state index in [1.807, 2.05) is 32.0 Å². The Morgan fingerprint density at radius 2 is 2.19 bits per heavy atom. The quantitative estimate of drug-likeness (QED) is 0.226. The highest BCUT2D eigenvalue weighted by Crippen LogP contribution is 1.99. The van der Waals surface area contributed by atoms with E-state index in [9.17, 15) is 4.79 Å². The molecule has 0 unspecified atom stereocenters. The van der Waals surface area contributed by atoms with Gasteiger partial charge >= 0.3 is 5.97 Å². The van der Waals surface area contributed by atoms with Gasteiger partial charge in [-0.3, -0.25) is 0 Å². The Bertz CT molecular complexity index is 311. The van der Waals surface area contributed by atoms with E-state index in [0.29, 0.717) is 6.61 Å². The Morgan fingerprint density at radius 1 is 1.50 bits per heavy atom. The molecule has 0 fully saturated rings. The summed E-state index contributed by atoms with van der Waals surface area (Å²) in [6.45, 7) is 2.38. The van der Waals surface area contributed by atoms with Gasteiger partial charge in [0.2, 0.25) is 0 Å². The summed E-state index contributed by atoms with van der Waals surface area (Å²) in [5.41, 5.74) is 0.0224. The van der Waals surface area contributed by atoms with E-state index >= 15 is 0 Å². The Labute approximate surface area is 96.8 Å². The van der Waals surface area contributed by atoms with Crippen LogP contribution in [-0.2, 0) is 9.53 Å². The molecule has 0 rings (SSSR count). The molecule has 0 saturated heterocycles. The minimum atomic E-state index is -0.556. The molecule has 0 aliphatic carbocycles. The van der Waals surface area contributed by atoms with Crippen LogP contribution in [0.5, 0.6) is 0 Å². The number of esters is 1. The van der Waals surface area contributed by atoms with Crippen molar-refractivity contribution in [1.29, 1.82) is 5.26 Å². The summed E-state index contributed by atoms with van der Waals surface area (Å²) in [6.07, 6.45) is 6.61. The summed E-state index contributed by atoms with van der Waals surface area (Å²) >= 11 is 0. The zero-order valence-electron chi connectivity index (χ0n) is 10.1. The van der Waals surface area contributed by atoms with Crippen molar-refractivity contribution < 1.29 is 9.53 Å². The summed E-state index contributed by atoms with van der Waals surface area (Å²) in [5, 5.41) is 8.75. The summed E-state index contributed by atoms with van der Waals surface area (Å²) in [5.74, 6) is -0.556. The lowest BCUT2D eigenvalue weighted by Crippen LogP contribution is -2.07. The Hall–Kier alpha value is -1.76. The number of unbranched alkanes of at least 4 members (excludes halogenated alkanes) is 1. The number of nitrogens with zero attached hydrogens (tertiary/aromatic N) is 2. The maximum Gasteiger partial charge on any atom is 0.348 e. The molecule has 0 spiro atoms. The lowest BCUT2D eigenvalue weighted by Gasteiger charge is -2.02. The minimum absolute atomic E-state index is 0.0224. The van der Waals surface area contributed by atoms with Crippen LogP contribution in [0.2, 0.25) is 0 Å². The lowest BCUT2D eigenvalue weighted by molar-refractivity contribution is -0.138. The second kappa shape index (κ2) is 8.54. The van der Waals surface area contributed by atoms with Gasteiger partial charge in [0.1, 0.15) is 11.6 Å². The molecular formula is C12H18N2O2. The third-order valence-corrected chi connectivity index (χ3v) is 1.72. The molecular weight excluding hydrogens is 204 g/mol. The van der Waals surface area contributed by atoms with Gasteiger partial charge in [0.15, 0.2) is 0 Å². The third kappa shape index (κ3) is 6.66. The van der Waals surface area contributed by atoms with Gasteiger partial charge in [-0.25, -0.2) is 4.79 Å². The van der Waals surface area contributed by atoms with Crippen molar-refractivity contribution in [2.75, 3.05) is 20.7 Å². The van der Waals surface area contributed by atoms with Crippen LogP contribution in [-0.4, -0.2) is 31.6 Å². The van der Waals surface area contributed by atoms with Crippen LogP contribution in [0.3, 0.4) is 0 Å². The molecule has 0 atom stereocenters. The molecule has 0 amide bonds. The van der Waals surface area contributed by atoms with Crippen molar-refractivity contribution >= 4 is 5.97 Å². The standard InChI is InChI=1S/C12H18N2O2/c1-4-5-9-16-12(15)11(10-13)7-6-8-14(2)3/h6-8H,4-5,9H2,1-3H3/b8-6+,11-7-. The van der Waals surface area contributed by atoms with Crippen LogP contribution < -0.4 is 0 Å². The zero-order chi connectivity index (χ0) is 12.4. The molecule has 0 heterocycles. The van der Waals surface area contributed by atoms with Gasteiger partial charge in [-0.2, -0.15) is 5.26 Å². The number of rotatable bonds is 6. The second-order valence-electron chi connectivity index (χ2n) is 3.49. The van der Waals surface area contributed by atoms with E-state index in [1.54, 1.807) is 12.3 Å². The third-order valence-electron chi connectivity index (χ3n) is 1.72. The maximum atomic E-state index is 11.4. The van der Waals surface area contributed by atoms with Crippen molar-refractivity contribution in [3.05, 3.63) is 23.9 Å². The average Bonchev–Trinajstić information content (AvgIpc) is 2.24. The van der Waals surface area contributed by atoms with E-state index in [4.69, 9.17) is 10.00 Å². The van der Waals surface area contributed by atoms with E-state index < -0.39 is 5.97 Å². The monoisotopic (exact) mass is 222 g/mol. The van der Waals surface area contributed by atoms with E-state index in [1.165, 1.54) is 6.08 Å². The van der Waals surface area contributed by atoms with Gasteiger partial charge in [0, 0.05) is 14.1 Å². The van der Waals surface area contributed by atoms with Crippen molar-refractivity contribution in [2.24, 2.45) is 0 Å². The fraction of sp³-hybridized carbons (Fsp3) is 0.500. The molecule has 0 aromatic rings. The van der Waals surface area contributed by atoms with Crippen LogP contribution in [0.15, 0.2) is 23.9 Å². The predicted molar refractivity (Wildman–Crippen MR) is 62.4 cm³/mol. The highest BCUT2D eigenvalue weighted by Gasteiger charge is 2.08. The molecule has 0 N–H and O–H groups in total. The Balaban J connectivity index is 4.27. The molecule has 0 aliphatic rings. The van der Waals surface area contributed by atoms with Crippen LogP contribution in [0, 0.1) is 11.3 Å². The number of nitriles is 1. The summed E-state index contributed by atoms with van der Waals surface area (Å²) in [4.78, 5) is 13.2. The molecule has 16 heavy (non-hydrogen) atoms. The number of carbonyl (C=O) groups excluding carboxylic acids is 1. The SMILES string of the molecule is CCCCOC(=O)/C(C#N)=C\C=C\N(C)C. The topological polar surface area (TPSA) is 53.3 Å². The highest BCUT2D eigenvalue weighted by atomic mass is 16.5. The van der Waals surface area contributed by atoms with Crippen molar-refractivity contribution in [3.8, 4) is 6.07 Å². The fourth-order valence-corrected chi connectivity index (χ4v) is 0.849. The summed E-state index contributed by atoms with van der Waals surface area (Å²) in [7, 11) is 3.71. The Morgan fingerprint density at radius 3 is 2.69 bits per heavy atom. The van der Waals surface area contributed by atoms with Crippen molar-refractivity contribution in [2.45, 2.75) is 19.8 Å². The number of carbonyl (C=O) groups is 1. The summed E-state index contributed by atoms with van der Waals surface area (Å²) in [6, 6.07) is 1.82. The first-order valence-electron chi connectivity index (χ1n) is 5.24. The Kier molecular flexibility index (Phi) is 7.60. The van der Waals surface area contributed by atoms with Gasteiger partial charge < -0.3 is 9.64 Å². The molecule has 0 bridgehead atoms. The van der Waals surface area contributed by atoms with Crippen molar-refractivity contribution in [3.63, 3.8) is 0 Å². The number of allylic oxidation sites excluding steroid dienone is 2. The number of hydrogen-bond donors (Lipinski definition) is 0. The van der Waals surface area contributed by atoms with E-state index in [0.717, 1.165) is 12.8 Å². The zero-order valence-corrected chi connectivity index (χ0v) is 10.1. The normalized spacial score (nSPS) is 11.2. The van der Waals surface area contributed by atoms with Gasteiger partial charge in [0.25, 0.3) is 0 Å². The van der Waals surface area contributed by atoms with Gasteiger partial charge in [-0.15, -0.1) is 0 Å². The number of hydrogen-bond acceptors (Lipinski definition) is 4. The van der Waals surface area contributed by atoms with E-state index in [2.05, 4.69) is 0 Å². The smallest absolute Gasteiger partial charge is 0.348 e. The first-order chi connectivity index (χ1) is 7.61. The molecule has 88 valence electrons. The van der Waals surface area contributed by atoms with Gasteiger partial charge in [0.05, 0.1) is 6.61 Å². The molecule has 0 aromatic heterocycles. The molecule has 4 heteroatoms.